The van der Waals surface area contributed by atoms with Crippen LogP contribution in [-0.2, 0) is 19.2 Å². The molecule has 0 saturated carbocycles. The topological polar surface area (TPSA) is 200 Å². The van der Waals surface area contributed by atoms with Crippen molar-refractivity contribution in [2.75, 3.05) is 21.3 Å². The quantitative estimate of drug-likeness (QED) is 0.0630. The molecular weight excluding hydrogens is 972 g/mol. The lowest BCUT2D eigenvalue weighted by Crippen LogP contribution is -2.32. The number of hydrogen-bond donors (Lipinski definition) is 4. The van der Waals surface area contributed by atoms with Crippen LogP contribution in [0.4, 0.5) is 34.1 Å². The van der Waals surface area contributed by atoms with Gasteiger partial charge in [-0.1, -0.05) is 92.8 Å². The van der Waals surface area contributed by atoms with Gasteiger partial charge < -0.3 is 21.3 Å². The highest BCUT2D eigenvalue weighted by atomic mass is 35.5. The number of azo groups is 2. The Labute approximate surface area is 392 Å². The van der Waals surface area contributed by atoms with Crippen LogP contribution in [0.3, 0.4) is 0 Å². The van der Waals surface area contributed by atoms with Crippen LogP contribution >= 0.6 is 92.8 Å². The molecule has 4 N–H and O–H groups in total. The van der Waals surface area contributed by atoms with Crippen molar-refractivity contribution < 1.29 is 28.8 Å². The second-order valence-corrected chi connectivity index (χ2v) is 16.0. The van der Waals surface area contributed by atoms with E-state index >= 15 is 0 Å². The molecule has 0 fully saturated rings. The molecule has 0 aliphatic carbocycles. The molecule has 14 nitrogen and oxygen atoms in total. The maximum absolute atomic E-state index is 13.3. The van der Waals surface area contributed by atoms with Gasteiger partial charge in [0.15, 0.2) is 11.6 Å². The minimum absolute atomic E-state index is 0.0203. The van der Waals surface area contributed by atoms with Gasteiger partial charge in [0.05, 0.1) is 75.4 Å². The number of Topliss-reactive ketones (excluding diaryl/α,β-unsaturated/α-hetero) is 2. The van der Waals surface area contributed by atoms with Crippen LogP contribution in [-0.4, -0.2) is 47.3 Å². The SMILES string of the molecule is CC(=O)C(N=Nc1ccc(Cl)c(C(=O)Nc2cc(Cl)ccc2Cl)c1)C(=O)Nc1cc(Cl)c(NC(=O)C(N=Nc2ccc(Cl)c(C(=O)Nc3cc(Cl)ccc3Cl)c2)C(C)=O)cc1Cl. The zero-order valence-corrected chi connectivity index (χ0v) is 37.5. The van der Waals surface area contributed by atoms with E-state index < -0.39 is 47.3 Å². The first-order valence-electron chi connectivity index (χ1n) is 17.4. The summed E-state index contributed by atoms with van der Waals surface area (Å²) in [6.45, 7) is 2.22. The molecule has 4 amide bonds. The molecule has 0 heterocycles. The molecule has 62 heavy (non-hydrogen) atoms. The molecule has 2 atom stereocenters. The fourth-order valence-corrected chi connectivity index (χ4v) is 6.59. The van der Waals surface area contributed by atoms with Crippen LogP contribution < -0.4 is 21.3 Å². The van der Waals surface area contributed by atoms with Crippen molar-refractivity contribution in [2.45, 2.75) is 25.9 Å². The molecule has 0 bridgehead atoms. The van der Waals surface area contributed by atoms with E-state index in [0.29, 0.717) is 10.0 Å². The number of nitrogens with zero attached hydrogens (tertiary/aromatic N) is 4. The summed E-state index contributed by atoms with van der Waals surface area (Å²) >= 11 is 49.7. The highest BCUT2D eigenvalue weighted by molar-refractivity contribution is 6.39. The lowest BCUT2D eigenvalue weighted by molar-refractivity contribution is -0.127. The fourth-order valence-electron chi connectivity index (χ4n) is 5.09. The normalized spacial score (nSPS) is 12.2. The van der Waals surface area contributed by atoms with E-state index in [1.165, 1.54) is 72.8 Å². The Morgan fingerprint density at radius 3 is 1.11 bits per heavy atom. The number of ketones is 2. The Balaban J connectivity index is 1.26. The predicted octanol–water partition coefficient (Wildman–Crippen LogP) is 12.8. The van der Waals surface area contributed by atoms with E-state index in [2.05, 4.69) is 41.7 Å². The highest BCUT2D eigenvalue weighted by Gasteiger charge is 2.27. The van der Waals surface area contributed by atoms with Gasteiger partial charge in [0.2, 0.25) is 12.1 Å². The van der Waals surface area contributed by atoms with Gasteiger partial charge in [0, 0.05) is 10.0 Å². The van der Waals surface area contributed by atoms with Crippen LogP contribution in [0.1, 0.15) is 34.6 Å². The first-order valence-corrected chi connectivity index (χ1v) is 20.4. The number of hydrogen-bond acceptors (Lipinski definition) is 10. The molecule has 0 saturated heterocycles. The average Bonchev–Trinajstić information content (AvgIpc) is 3.20. The molecule has 0 aliphatic rings. The molecule has 2 unspecified atom stereocenters. The van der Waals surface area contributed by atoms with E-state index in [9.17, 15) is 28.8 Å². The third kappa shape index (κ3) is 12.5. The third-order valence-electron chi connectivity index (χ3n) is 8.16. The van der Waals surface area contributed by atoms with Crippen molar-refractivity contribution in [3.8, 4) is 0 Å². The lowest BCUT2D eigenvalue weighted by Gasteiger charge is -2.15. The van der Waals surface area contributed by atoms with E-state index in [1.807, 2.05) is 0 Å². The van der Waals surface area contributed by atoms with Gasteiger partial charge >= 0.3 is 0 Å². The monoisotopic (exact) mass is 994 g/mol. The standard InChI is InChI=1S/C40H26Cl8N8O6/c1-17(57)35(55-53-21-5-9-25(43)23(13-21)37(59)49-31-11-19(41)3-7-27(31)45)39(61)51-33-15-30(48)34(16-29(33)47)52-40(62)36(18(2)58)56-54-22-6-10-26(44)24(14-22)38(60)50-32-12-20(42)4-8-28(32)46/h3-16,35-36H,1-2H3,(H,49,59)(H,50,60)(H,51,61)(H,52,62). The van der Waals surface area contributed by atoms with E-state index in [1.54, 1.807) is 12.1 Å². The Bertz CT molecular complexity index is 2530. The molecule has 5 rings (SSSR count). The number of anilines is 4. The van der Waals surface area contributed by atoms with Gasteiger partial charge in [0.25, 0.3) is 23.6 Å². The molecule has 5 aromatic rings. The minimum atomic E-state index is -1.68. The van der Waals surface area contributed by atoms with Gasteiger partial charge in [-0.2, -0.15) is 20.5 Å². The summed E-state index contributed by atoms with van der Waals surface area (Å²) in [6.07, 6.45) is 0. The Morgan fingerprint density at radius 1 is 0.419 bits per heavy atom. The van der Waals surface area contributed by atoms with E-state index in [-0.39, 0.29) is 75.4 Å². The minimum Gasteiger partial charge on any atom is -0.322 e. The summed E-state index contributed by atoms with van der Waals surface area (Å²) in [5, 5.41) is 26.8. The molecule has 318 valence electrons. The van der Waals surface area contributed by atoms with Gasteiger partial charge in [0.1, 0.15) is 0 Å². The first-order chi connectivity index (χ1) is 29.3. The third-order valence-corrected chi connectivity index (χ3v) is 10.6. The molecule has 0 aromatic heterocycles. The van der Waals surface area contributed by atoms with Crippen molar-refractivity contribution in [1.82, 2.24) is 0 Å². The predicted molar refractivity (Wildman–Crippen MR) is 243 cm³/mol. The Hall–Kier alpha value is -5.16. The van der Waals surface area contributed by atoms with E-state index in [4.69, 9.17) is 92.8 Å². The second-order valence-electron chi connectivity index (χ2n) is 12.7. The average molecular weight is 998 g/mol. The number of benzene rings is 5. The summed E-state index contributed by atoms with van der Waals surface area (Å²) in [7, 11) is 0. The van der Waals surface area contributed by atoms with Crippen LogP contribution in [0.5, 0.6) is 0 Å². The number of halogens is 8. The molecular formula is C40H26Cl8N8O6. The maximum atomic E-state index is 13.3. The Kier molecular flexibility index (Phi) is 16.4. The van der Waals surface area contributed by atoms with Gasteiger partial charge in [-0.25, -0.2) is 0 Å². The van der Waals surface area contributed by atoms with Crippen LogP contribution in [0.2, 0.25) is 40.2 Å². The maximum Gasteiger partial charge on any atom is 0.258 e. The van der Waals surface area contributed by atoms with Crippen molar-refractivity contribution >= 4 is 162 Å². The van der Waals surface area contributed by atoms with E-state index in [0.717, 1.165) is 13.8 Å². The summed E-state index contributed by atoms with van der Waals surface area (Å²) in [6, 6.07) is 16.1. The van der Waals surface area contributed by atoms with Gasteiger partial charge in [-0.05, 0) is 98.8 Å². The molecule has 22 heteroatoms. The summed E-state index contributed by atoms with van der Waals surface area (Å²) in [5.41, 5.74) is 0.412. The van der Waals surface area contributed by atoms with Crippen LogP contribution in [0.15, 0.2) is 105 Å². The first kappa shape index (κ1) is 47.9. The van der Waals surface area contributed by atoms with Gasteiger partial charge in [-0.3, -0.25) is 28.8 Å². The number of carbonyl (C=O) groups is 6. The largest absolute Gasteiger partial charge is 0.322 e. The van der Waals surface area contributed by atoms with Gasteiger partial charge in [-0.15, -0.1) is 0 Å². The zero-order valence-electron chi connectivity index (χ0n) is 31.5. The fraction of sp³-hybridized carbons (Fsp3) is 0.100. The Morgan fingerprint density at radius 2 is 0.758 bits per heavy atom. The summed E-state index contributed by atoms with van der Waals surface area (Å²) < 4.78 is 0. The lowest BCUT2D eigenvalue weighted by atomic mass is 10.1. The second kappa shape index (κ2) is 21.3. The van der Waals surface area contributed by atoms with Crippen molar-refractivity contribution in [1.29, 1.82) is 0 Å². The number of rotatable bonds is 14. The number of nitrogens with one attached hydrogen (secondary N) is 4. The van der Waals surface area contributed by atoms with Crippen molar-refractivity contribution in [3.63, 3.8) is 0 Å². The highest BCUT2D eigenvalue weighted by Crippen LogP contribution is 2.34. The zero-order chi connectivity index (χ0) is 45.4. The number of amides is 4. The number of carbonyl (C=O) groups excluding carboxylic acids is 6. The molecule has 0 radical (unpaired) electrons. The summed E-state index contributed by atoms with van der Waals surface area (Å²) in [5.74, 6) is -4.61. The molecule has 0 spiro atoms. The van der Waals surface area contributed by atoms with Crippen molar-refractivity contribution in [3.05, 3.63) is 136 Å². The molecule has 5 aromatic carbocycles. The van der Waals surface area contributed by atoms with Crippen molar-refractivity contribution in [2.24, 2.45) is 20.5 Å². The molecule has 0 aliphatic heterocycles. The van der Waals surface area contributed by atoms with Crippen LogP contribution in [0, 0.1) is 0 Å². The summed E-state index contributed by atoms with van der Waals surface area (Å²) in [4.78, 5) is 77.6. The van der Waals surface area contributed by atoms with Crippen LogP contribution in [0.25, 0.3) is 0 Å². The smallest absolute Gasteiger partial charge is 0.258 e.